The molecule has 0 aromatic heterocycles. The van der Waals surface area contributed by atoms with Crippen LogP contribution in [0, 0.1) is 13.8 Å². The number of hydrogen-bond donors (Lipinski definition) is 2. The Morgan fingerprint density at radius 2 is 2.12 bits per heavy atom. The Kier molecular flexibility index (Phi) is 5.12. The third-order valence-electron chi connectivity index (χ3n) is 2.58. The first kappa shape index (κ1) is 13.7. The molecule has 17 heavy (non-hydrogen) atoms. The molecule has 0 radical (unpaired) electrons. The first-order valence-electron chi connectivity index (χ1n) is 5.78. The van der Waals surface area contributed by atoms with Crippen molar-refractivity contribution in [2.75, 3.05) is 32.0 Å². The van der Waals surface area contributed by atoms with Gasteiger partial charge in [0, 0.05) is 18.8 Å². The van der Waals surface area contributed by atoms with Crippen molar-refractivity contribution in [1.29, 1.82) is 0 Å². The predicted molar refractivity (Wildman–Crippen MR) is 71.1 cm³/mol. The maximum Gasteiger partial charge on any atom is 0.238 e. The molecular weight excluding hydrogens is 214 g/mol. The lowest BCUT2D eigenvalue weighted by Crippen LogP contribution is -2.33. The standard InChI is InChI=1S/C13H21N3O/c1-10-4-5-12(11(2)8-10)15-13(17)9-16(3)7-6-14/h4-5,8H,6-7,9,14H2,1-3H3,(H,15,17). The number of amides is 1. The zero-order chi connectivity index (χ0) is 12.8. The minimum atomic E-state index is -0.00657. The molecule has 4 nitrogen and oxygen atoms in total. The second-order valence-electron chi connectivity index (χ2n) is 4.39. The van der Waals surface area contributed by atoms with Crippen LogP contribution in [0.4, 0.5) is 5.69 Å². The molecule has 4 heteroatoms. The highest BCUT2D eigenvalue weighted by Gasteiger charge is 2.07. The smallest absolute Gasteiger partial charge is 0.238 e. The molecule has 3 N–H and O–H groups in total. The molecule has 1 amide bonds. The molecule has 0 fully saturated rings. The molecule has 0 atom stereocenters. The molecule has 1 aromatic carbocycles. The number of nitrogens with one attached hydrogen (secondary N) is 1. The van der Waals surface area contributed by atoms with Gasteiger partial charge in [0.05, 0.1) is 6.54 Å². The van der Waals surface area contributed by atoms with Gasteiger partial charge in [0.15, 0.2) is 0 Å². The van der Waals surface area contributed by atoms with Crippen LogP contribution in [0.25, 0.3) is 0 Å². The quantitative estimate of drug-likeness (QED) is 0.804. The topological polar surface area (TPSA) is 58.4 Å². The normalized spacial score (nSPS) is 10.6. The van der Waals surface area contributed by atoms with E-state index in [4.69, 9.17) is 5.73 Å². The molecule has 1 rings (SSSR count). The molecule has 0 saturated carbocycles. The maximum absolute atomic E-state index is 11.7. The summed E-state index contributed by atoms with van der Waals surface area (Å²) in [5, 5.41) is 2.91. The lowest BCUT2D eigenvalue weighted by Gasteiger charge is -2.15. The van der Waals surface area contributed by atoms with E-state index >= 15 is 0 Å². The summed E-state index contributed by atoms with van der Waals surface area (Å²) in [6, 6.07) is 5.98. The largest absolute Gasteiger partial charge is 0.329 e. The Morgan fingerprint density at radius 3 is 2.71 bits per heavy atom. The van der Waals surface area contributed by atoms with Gasteiger partial charge in [-0.05, 0) is 32.5 Å². The minimum Gasteiger partial charge on any atom is -0.329 e. The fraction of sp³-hybridized carbons (Fsp3) is 0.462. The van der Waals surface area contributed by atoms with Gasteiger partial charge in [-0.15, -0.1) is 0 Å². The van der Waals surface area contributed by atoms with Crippen LogP contribution in [0.15, 0.2) is 18.2 Å². The number of nitrogens with zero attached hydrogens (tertiary/aromatic N) is 1. The summed E-state index contributed by atoms with van der Waals surface area (Å²) in [7, 11) is 1.88. The van der Waals surface area contributed by atoms with Crippen LogP contribution in [-0.2, 0) is 4.79 Å². The van der Waals surface area contributed by atoms with E-state index in [1.165, 1.54) is 5.56 Å². The lowest BCUT2D eigenvalue weighted by atomic mass is 10.1. The summed E-state index contributed by atoms with van der Waals surface area (Å²) in [5.41, 5.74) is 8.58. The number of carbonyl (C=O) groups excluding carboxylic acids is 1. The Bertz CT molecular complexity index is 390. The monoisotopic (exact) mass is 235 g/mol. The van der Waals surface area contributed by atoms with Crippen molar-refractivity contribution >= 4 is 11.6 Å². The fourth-order valence-electron chi connectivity index (χ4n) is 1.69. The second kappa shape index (κ2) is 6.37. The van der Waals surface area contributed by atoms with Gasteiger partial charge in [-0.3, -0.25) is 9.69 Å². The maximum atomic E-state index is 11.7. The first-order chi connectivity index (χ1) is 8.02. The summed E-state index contributed by atoms with van der Waals surface area (Å²) in [6.07, 6.45) is 0. The molecule has 1 aromatic rings. The third-order valence-corrected chi connectivity index (χ3v) is 2.58. The van der Waals surface area contributed by atoms with E-state index < -0.39 is 0 Å². The molecule has 0 spiro atoms. The van der Waals surface area contributed by atoms with Crippen LogP contribution < -0.4 is 11.1 Å². The van der Waals surface area contributed by atoms with Crippen LogP contribution in [0.1, 0.15) is 11.1 Å². The molecular formula is C13H21N3O. The Balaban J connectivity index is 2.56. The summed E-state index contributed by atoms with van der Waals surface area (Å²) in [6.45, 7) is 5.68. The van der Waals surface area contributed by atoms with Gasteiger partial charge in [0.2, 0.25) is 5.91 Å². The van der Waals surface area contributed by atoms with Crippen molar-refractivity contribution in [2.24, 2.45) is 5.73 Å². The van der Waals surface area contributed by atoms with Gasteiger partial charge in [0.25, 0.3) is 0 Å². The first-order valence-corrected chi connectivity index (χ1v) is 5.78. The van der Waals surface area contributed by atoms with E-state index in [9.17, 15) is 4.79 Å². The highest BCUT2D eigenvalue weighted by molar-refractivity contribution is 5.92. The Hall–Kier alpha value is -1.39. The lowest BCUT2D eigenvalue weighted by molar-refractivity contribution is -0.117. The summed E-state index contributed by atoms with van der Waals surface area (Å²) in [5.74, 6) is -0.00657. The van der Waals surface area contributed by atoms with Crippen LogP contribution in [-0.4, -0.2) is 37.5 Å². The van der Waals surface area contributed by atoms with E-state index in [1.54, 1.807) is 0 Å². The zero-order valence-electron chi connectivity index (χ0n) is 10.8. The molecule has 0 aliphatic rings. The SMILES string of the molecule is Cc1ccc(NC(=O)CN(C)CCN)c(C)c1. The van der Waals surface area contributed by atoms with Crippen molar-refractivity contribution < 1.29 is 4.79 Å². The van der Waals surface area contributed by atoms with Gasteiger partial charge < -0.3 is 11.1 Å². The highest BCUT2D eigenvalue weighted by atomic mass is 16.2. The number of hydrogen-bond acceptors (Lipinski definition) is 3. The molecule has 0 bridgehead atoms. The number of nitrogens with two attached hydrogens (primary N) is 1. The van der Waals surface area contributed by atoms with E-state index in [-0.39, 0.29) is 5.91 Å². The molecule has 0 aliphatic heterocycles. The van der Waals surface area contributed by atoms with Gasteiger partial charge in [0.1, 0.15) is 0 Å². The van der Waals surface area contributed by atoms with Crippen molar-refractivity contribution in [3.8, 4) is 0 Å². The van der Waals surface area contributed by atoms with Crippen molar-refractivity contribution in [3.63, 3.8) is 0 Å². The molecule has 0 heterocycles. The van der Waals surface area contributed by atoms with E-state index in [0.29, 0.717) is 13.1 Å². The van der Waals surface area contributed by atoms with Gasteiger partial charge in [-0.1, -0.05) is 17.7 Å². The zero-order valence-corrected chi connectivity index (χ0v) is 10.8. The van der Waals surface area contributed by atoms with Crippen molar-refractivity contribution in [3.05, 3.63) is 29.3 Å². The highest BCUT2D eigenvalue weighted by Crippen LogP contribution is 2.15. The van der Waals surface area contributed by atoms with Crippen LogP contribution in [0.5, 0.6) is 0 Å². The van der Waals surface area contributed by atoms with Crippen LogP contribution >= 0.6 is 0 Å². The molecule has 0 aliphatic carbocycles. The Labute approximate surface area is 103 Å². The van der Waals surface area contributed by atoms with Crippen molar-refractivity contribution in [2.45, 2.75) is 13.8 Å². The van der Waals surface area contributed by atoms with E-state index in [1.807, 2.05) is 37.9 Å². The number of likely N-dealkylation sites (N-methyl/N-ethyl adjacent to an activating group) is 1. The van der Waals surface area contributed by atoms with E-state index in [2.05, 4.69) is 11.4 Å². The summed E-state index contributed by atoms with van der Waals surface area (Å²) >= 11 is 0. The number of benzene rings is 1. The van der Waals surface area contributed by atoms with Gasteiger partial charge >= 0.3 is 0 Å². The molecule has 0 saturated heterocycles. The van der Waals surface area contributed by atoms with Crippen LogP contribution in [0.3, 0.4) is 0 Å². The summed E-state index contributed by atoms with van der Waals surface area (Å²) in [4.78, 5) is 13.6. The average Bonchev–Trinajstić information content (AvgIpc) is 2.22. The number of carbonyl (C=O) groups is 1. The van der Waals surface area contributed by atoms with E-state index in [0.717, 1.165) is 17.8 Å². The van der Waals surface area contributed by atoms with Crippen molar-refractivity contribution in [1.82, 2.24) is 4.90 Å². The number of anilines is 1. The minimum absolute atomic E-state index is 0.00657. The molecule has 94 valence electrons. The second-order valence-corrected chi connectivity index (χ2v) is 4.39. The van der Waals surface area contributed by atoms with Gasteiger partial charge in [-0.2, -0.15) is 0 Å². The average molecular weight is 235 g/mol. The number of rotatable bonds is 5. The summed E-state index contributed by atoms with van der Waals surface area (Å²) < 4.78 is 0. The van der Waals surface area contributed by atoms with Gasteiger partial charge in [-0.25, -0.2) is 0 Å². The Morgan fingerprint density at radius 1 is 1.41 bits per heavy atom. The predicted octanol–water partition coefficient (Wildman–Crippen LogP) is 1.13. The third kappa shape index (κ3) is 4.54. The molecule has 0 unspecified atom stereocenters. The van der Waals surface area contributed by atoms with Crippen LogP contribution in [0.2, 0.25) is 0 Å². The number of aryl methyl sites for hydroxylation is 2. The fourth-order valence-corrected chi connectivity index (χ4v) is 1.69.